The number of para-hydroxylation sites is 1. The molecule has 1 aliphatic rings. The van der Waals surface area contributed by atoms with Crippen molar-refractivity contribution in [1.29, 1.82) is 0 Å². The normalized spacial score (nSPS) is 17.7. The number of nitrogens with zero attached hydrogens (tertiary/aromatic N) is 1. The highest BCUT2D eigenvalue weighted by molar-refractivity contribution is 7.89. The Morgan fingerprint density at radius 1 is 1.14 bits per heavy atom. The van der Waals surface area contributed by atoms with Crippen molar-refractivity contribution in [2.75, 3.05) is 25.0 Å². The molecule has 1 aliphatic heterocycles. The number of benzene rings is 2. The van der Waals surface area contributed by atoms with Gasteiger partial charge in [-0.15, -0.1) is 0 Å². The monoisotopic (exact) mass is 416 g/mol. The van der Waals surface area contributed by atoms with E-state index in [1.165, 1.54) is 4.31 Å². The molecule has 1 heterocycles. The van der Waals surface area contributed by atoms with Crippen LogP contribution in [0, 0.1) is 5.92 Å². The molecule has 2 aromatic carbocycles. The lowest BCUT2D eigenvalue weighted by Gasteiger charge is -2.31. The molecule has 1 atom stereocenters. The number of rotatable bonds is 7. The number of nitrogens with one attached hydrogen (secondary N) is 1. The van der Waals surface area contributed by atoms with Crippen LogP contribution in [0.2, 0.25) is 0 Å². The fourth-order valence-corrected chi connectivity index (χ4v) is 5.11. The first-order valence-electron chi connectivity index (χ1n) is 10.1. The third-order valence-corrected chi connectivity index (χ3v) is 7.06. The summed E-state index contributed by atoms with van der Waals surface area (Å²) in [6, 6.07) is 14.1. The van der Waals surface area contributed by atoms with E-state index >= 15 is 0 Å². The smallest absolute Gasteiger partial charge is 0.243 e. The van der Waals surface area contributed by atoms with Gasteiger partial charge in [0.05, 0.1) is 17.4 Å². The zero-order valence-electron chi connectivity index (χ0n) is 16.9. The lowest BCUT2D eigenvalue weighted by Crippen LogP contribution is -2.43. The molecule has 0 spiro atoms. The number of sulfonamides is 1. The average molecular weight is 417 g/mol. The molecule has 2 aromatic rings. The van der Waals surface area contributed by atoms with E-state index < -0.39 is 10.0 Å². The average Bonchev–Trinajstić information content (AvgIpc) is 2.75. The van der Waals surface area contributed by atoms with Crippen molar-refractivity contribution in [3.8, 4) is 5.75 Å². The van der Waals surface area contributed by atoms with Crippen molar-refractivity contribution < 1.29 is 17.9 Å². The van der Waals surface area contributed by atoms with Crippen LogP contribution in [0.4, 0.5) is 5.69 Å². The van der Waals surface area contributed by atoms with Crippen LogP contribution >= 0.6 is 0 Å². The van der Waals surface area contributed by atoms with Crippen molar-refractivity contribution in [2.24, 2.45) is 5.92 Å². The van der Waals surface area contributed by atoms with Crippen LogP contribution in [0.1, 0.15) is 32.3 Å². The van der Waals surface area contributed by atoms with Gasteiger partial charge in [-0.1, -0.05) is 25.1 Å². The van der Waals surface area contributed by atoms with Gasteiger partial charge in [0.2, 0.25) is 15.9 Å². The maximum Gasteiger partial charge on any atom is 0.243 e. The number of aryl methyl sites for hydroxylation is 1. The zero-order chi connectivity index (χ0) is 20.9. The van der Waals surface area contributed by atoms with E-state index in [4.69, 9.17) is 4.74 Å². The maximum atomic E-state index is 13.0. The molecule has 1 N–H and O–H groups in total. The molecule has 0 aliphatic carbocycles. The van der Waals surface area contributed by atoms with E-state index in [0.29, 0.717) is 31.7 Å². The molecule has 0 bridgehead atoms. The zero-order valence-corrected chi connectivity index (χ0v) is 17.7. The highest BCUT2D eigenvalue weighted by Gasteiger charge is 2.33. The number of piperidine rings is 1. The Balaban J connectivity index is 1.71. The van der Waals surface area contributed by atoms with Crippen molar-refractivity contribution in [2.45, 2.75) is 38.0 Å². The number of amides is 1. The third-order valence-electron chi connectivity index (χ3n) is 5.18. The summed E-state index contributed by atoms with van der Waals surface area (Å²) in [7, 11) is -3.65. The molecular formula is C22H28N2O4S. The summed E-state index contributed by atoms with van der Waals surface area (Å²) in [5, 5.41) is 2.99. The molecule has 6 nitrogen and oxygen atoms in total. The van der Waals surface area contributed by atoms with Gasteiger partial charge in [-0.2, -0.15) is 4.31 Å². The minimum Gasteiger partial charge on any atom is -0.494 e. The van der Waals surface area contributed by atoms with Crippen LogP contribution in [0.3, 0.4) is 0 Å². The van der Waals surface area contributed by atoms with Gasteiger partial charge >= 0.3 is 0 Å². The Labute approximate surface area is 172 Å². The van der Waals surface area contributed by atoms with Gasteiger partial charge in [-0.3, -0.25) is 4.79 Å². The molecule has 0 radical (unpaired) electrons. The summed E-state index contributed by atoms with van der Waals surface area (Å²) >= 11 is 0. The molecule has 7 heteroatoms. The third kappa shape index (κ3) is 4.97. The summed E-state index contributed by atoms with van der Waals surface area (Å²) in [5.41, 5.74) is 1.86. The number of carbonyl (C=O) groups is 1. The van der Waals surface area contributed by atoms with E-state index in [0.717, 1.165) is 17.7 Å². The fraction of sp³-hybridized carbons (Fsp3) is 0.409. The summed E-state index contributed by atoms with van der Waals surface area (Å²) in [5.74, 6) is 0.139. The summed E-state index contributed by atoms with van der Waals surface area (Å²) < 4.78 is 32.9. The van der Waals surface area contributed by atoms with Gasteiger partial charge in [0.25, 0.3) is 0 Å². The minimum atomic E-state index is -3.65. The topological polar surface area (TPSA) is 75.7 Å². The van der Waals surface area contributed by atoms with Gasteiger partial charge in [0.1, 0.15) is 5.75 Å². The SMILES string of the molecule is CCOc1ccc(S(=O)(=O)N2CCC[C@@H](C(=O)Nc3ccccc3CC)C2)cc1. The first-order chi connectivity index (χ1) is 14.0. The number of hydrogen-bond acceptors (Lipinski definition) is 4. The molecule has 3 rings (SSSR count). The van der Waals surface area contributed by atoms with Crippen LogP contribution in [0.5, 0.6) is 5.75 Å². The Hall–Kier alpha value is -2.38. The van der Waals surface area contributed by atoms with Crippen molar-refractivity contribution >= 4 is 21.6 Å². The molecule has 0 aromatic heterocycles. The molecular weight excluding hydrogens is 388 g/mol. The standard InChI is InChI=1S/C22H28N2O4S/c1-3-17-8-5-6-10-21(17)23-22(25)18-9-7-15-24(16-18)29(26,27)20-13-11-19(12-14-20)28-4-2/h5-6,8,10-14,18H,3-4,7,9,15-16H2,1-2H3,(H,23,25)/t18-/m1/s1. The second-order valence-electron chi connectivity index (χ2n) is 7.11. The molecule has 156 valence electrons. The predicted octanol–water partition coefficient (Wildman–Crippen LogP) is 3.69. The van der Waals surface area contributed by atoms with Crippen LogP contribution < -0.4 is 10.1 Å². The maximum absolute atomic E-state index is 13.0. The lowest BCUT2D eigenvalue weighted by molar-refractivity contribution is -0.120. The number of hydrogen-bond donors (Lipinski definition) is 1. The lowest BCUT2D eigenvalue weighted by atomic mass is 9.98. The van der Waals surface area contributed by atoms with E-state index in [-0.39, 0.29) is 23.3 Å². The molecule has 0 saturated carbocycles. The highest BCUT2D eigenvalue weighted by Crippen LogP contribution is 2.26. The predicted molar refractivity (Wildman–Crippen MR) is 114 cm³/mol. The minimum absolute atomic E-state index is 0.127. The summed E-state index contributed by atoms with van der Waals surface area (Å²) in [6.07, 6.45) is 2.15. The quantitative estimate of drug-likeness (QED) is 0.747. The largest absolute Gasteiger partial charge is 0.494 e. The van der Waals surface area contributed by atoms with Gasteiger partial charge in [-0.05, 0) is 62.1 Å². The number of carbonyl (C=O) groups excluding carboxylic acids is 1. The van der Waals surface area contributed by atoms with Gasteiger partial charge < -0.3 is 10.1 Å². The van der Waals surface area contributed by atoms with Crippen LogP contribution in [0.25, 0.3) is 0 Å². The van der Waals surface area contributed by atoms with E-state index in [9.17, 15) is 13.2 Å². The Bertz CT molecular complexity index is 942. The van der Waals surface area contributed by atoms with E-state index in [1.807, 2.05) is 38.1 Å². The van der Waals surface area contributed by atoms with E-state index in [2.05, 4.69) is 5.32 Å². The van der Waals surface area contributed by atoms with Gasteiger partial charge in [0.15, 0.2) is 0 Å². The summed E-state index contributed by atoms with van der Waals surface area (Å²) in [6.45, 7) is 5.05. The second-order valence-corrected chi connectivity index (χ2v) is 9.04. The van der Waals surface area contributed by atoms with Crippen LogP contribution in [-0.2, 0) is 21.2 Å². The first-order valence-corrected chi connectivity index (χ1v) is 11.5. The first kappa shape index (κ1) is 21.3. The molecule has 1 saturated heterocycles. The number of ether oxygens (including phenoxy) is 1. The van der Waals surface area contributed by atoms with Crippen molar-refractivity contribution in [3.63, 3.8) is 0 Å². The molecule has 0 unspecified atom stereocenters. The van der Waals surface area contributed by atoms with Crippen LogP contribution in [-0.4, -0.2) is 38.3 Å². The van der Waals surface area contributed by atoms with Crippen molar-refractivity contribution in [3.05, 3.63) is 54.1 Å². The Morgan fingerprint density at radius 2 is 1.86 bits per heavy atom. The molecule has 1 amide bonds. The number of anilines is 1. The Kier molecular flexibility index (Phi) is 6.92. The molecule has 29 heavy (non-hydrogen) atoms. The molecule has 1 fully saturated rings. The van der Waals surface area contributed by atoms with Gasteiger partial charge in [-0.25, -0.2) is 8.42 Å². The Morgan fingerprint density at radius 3 is 2.55 bits per heavy atom. The van der Waals surface area contributed by atoms with Crippen molar-refractivity contribution in [1.82, 2.24) is 4.31 Å². The fourth-order valence-electron chi connectivity index (χ4n) is 3.58. The van der Waals surface area contributed by atoms with E-state index in [1.54, 1.807) is 24.3 Å². The van der Waals surface area contributed by atoms with Crippen LogP contribution in [0.15, 0.2) is 53.4 Å². The van der Waals surface area contributed by atoms with Gasteiger partial charge in [0, 0.05) is 18.8 Å². The summed E-state index contributed by atoms with van der Waals surface area (Å²) in [4.78, 5) is 13.0. The highest BCUT2D eigenvalue weighted by atomic mass is 32.2. The second kappa shape index (κ2) is 9.41.